The van der Waals surface area contributed by atoms with Crippen LogP contribution in [-0.4, -0.2) is 23.0 Å². The number of anilines is 2. The fourth-order valence-electron chi connectivity index (χ4n) is 3.67. The summed E-state index contributed by atoms with van der Waals surface area (Å²) in [6.07, 6.45) is 1.46. The van der Waals surface area contributed by atoms with Crippen LogP contribution in [0, 0.1) is 0 Å². The molecule has 42 heavy (non-hydrogen) atoms. The minimum absolute atomic E-state index is 0.0297. The summed E-state index contributed by atoms with van der Waals surface area (Å²) in [5.41, 5.74) is 1.79. The molecule has 11 heteroatoms. The molecule has 0 bridgehead atoms. The summed E-state index contributed by atoms with van der Waals surface area (Å²) >= 11 is 25.8. The van der Waals surface area contributed by atoms with Crippen LogP contribution in [0.25, 0.3) is 6.08 Å². The Labute approximate surface area is 267 Å². The van der Waals surface area contributed by atoms with Crippen LogP contribution in [0.5, 0.6) is 0 Å². The second-order valence-electron chi connectivity index (χ2n) is 8.91. The molecule has 0 fully saturated rings. The highest BCUT2D eigenvalue weighted by Crippen LogP contribution is 2.29. The van der Waals surface area contributed by atoms with Crippen LogP contribution in [0.2, 0.25) is 20.1 Å². The van der Waals surface area contributed by atoms with Crippen LogP contribution in [0.3, 0.4) is 0 Å². The molecule has 4 rings (SSSR count). The summed E-state index contributed by atoms with van der Waals surface area (Å²) in [5, 5.41) is 9.22. The van der Waals surface area contributed by atoms with Gasteiger partial charge in [-0.05, 0) is 79.2 Å². The molecule has 6 nitrogen and oxygen atoms in total. The highest BCUT2D eigenvalue weighted by Gasteiger charge is 2.18. The number of hydrogen-bond donors (Lipinski definition) is 3. The first-order valence-electron chi connectivity index (χ1n) is 12.5. The van der Waals surface area contributed by atoms with E-state index < -0.39 is 17.1 Å². The maximum Gasteiger partial charge on any atom is 0.272 e. The molecular weight excluding hydrogens is 636 g/mol. The van der Waals surface area contributed by atoms with Crippen molar-refractivity contribution in [3.8, 4) is 0 Å². The van der Waals surface area contributed by atoms with Crippen molar-refractivity contribution in [2.45, 2.75) is 17.1 Å². The fraction of sp³-hybridized carbons (Fsp3) is 0.0645. The van der Waals surface area contributed by atoms with Crippen LogP contribution in [0.1, 0.15) is 22.8 Å². The number of amides is 3. The summed E-state index contributed by atoms with van der Waals surface area (Å²) in [6.45, 7) is 1.77. The molecule has 3 N–H and O–H groups in total. The van der Waals surface area contributed by atoms with Crippen molar-refractivity contribution in [3.05, 3.63) is 128 Å². The summed E-state index contributed by atoms with van der Waals surface area (Å²) in [7, 11) is 0. The molecule has 3 amide bonds. The Morgan fingerprint density at radius 1 is 0.762 bits per heavy atom. The van der Waals surface area contributed by atoms with Crippen molar-refractivity contribution >= 4 is 93.3 Å². The SMILES string of the molecule is CC(Sc1ccc(NC(=O)/C(=C/c2cccc(Cl)c2Cl)NC(=O)c2ccccc2)cc1)C(=O)Nc1cc(Cl)cc(Cl)c1. The van der Waals surface area contributed by atoms with Gasteiger partial charge in [0.15, 0.2) is 0 Å². The number of nitrogens with one attached hydrogen (secondary N) is 3. The molecule has 0 aliphatic rings. The minimum Gasteiger partial charge on any atom is -0.325 e. The molecule has 0 aliphatic carbocycles. The first kappa shape index (κ1) is 31.5. The molecule has 0 radical (unpaired) electrons. The Kier molecular flexibility index (Phi) is 11.0. The van der Waals surface area contributed by atoms with Gasteiger partial charge in [-0.25, -0.2) is 0 Å². The van der Waals surface area contributed by atoms with Crippen molar-refractivity contribution in [3.63, 3.8) is 0 Å². The van der Waals surface area contributed by atoms with E-state index in [-0.39, 0.29) is 16.6 Å². The van der Waals surface area contributed by atoms with Gasteiger partial charge in [0.1, 0.15) is 5.70 Å². The molecular formula is C31H23Cl4N3O3S. The van der Waals surface area contributed by atoms with Crippen LogP contribution in [0.15, 0.2) is 102 Å². The molecule has 214 valence electrons. The lowest BCUT2D eigenvalue weighted by atomic mass is 10.1. The molecule has 1 unspecified atom stereocenters. The van der Waals surface area contributed by atoms with Crippen LogP contribution in [0.4, 0.5) is 11.4 Å². The average molecular weight is 659 g/mol. The van der Waals surface area contributed by atoms with Crippen molar-refractivity contribution in [2.75, 3.05) is 10.6 Å². The van der Waals surface area contributed by atoms with Gasteiger partial charge in [-0.15, -0.1) is 11.8 Å². The first-order valence-corrected chi connectivity index (χ1v) is 14.9. The molecule has 0 aliphatic heterocycles. The molecule has 0 heterocycles. The second-order valence-corrected chi connectivity index (χ2v) is 12.0. The van der Waals surface area contributed by atoms with Crippen molar-refractivity contribution in [2.24, 2.45) is 0 Å². The van der Waals surface area contributed by atoms with Gasteiger partial charge in [0.25, 0.3) is 11.8 Å². The molecule has 0 saturated heterocycles. The van der Waals surface area contributed by atoms with Gasteiger partial charge < -0.3 is 16.0 Å². The quantitative estimate of drug-likeness (QED) is 0.124. The van der Waals surface area contributed by atoms with E-state index in [0.717, 1.165) is 4.90 Å². The smallest absolute Gasteiger partial charge is 0.272 e. The van der Waals surface area contributed by atoms with Gasteiger partial charge in [0.05, 0.1) is 15.3 Å². The monoisotopic (exact) mass is 657 g/mol. The number of rotatable bonds is 9. The highest BCUT2D eigenvalue weighted by molar-refractivity contribution is 8.00. The van der Waals surface area contributed by atoms with E-state index >= 15 is 0 Å². The van der Waals surface area contributed by atoms with Gasteiger partial charge in [-0.2, -0.15) is 0 Å². The van der Waals surface area contributed by atoms with Crippen molar-refractivity contribution < 1.29 is 14.4 Å². The number of benzene rings is 4. The zero-order chi connectivity index (χ0) is 30.2. The predicted molar refractivity (Wildman–Crippen MR) is 174 cm³/mol. The van der Waals surface area contributed by atoms with E-state index in [0.29, 0.717) is 37.6 Å². The van der Waals surface area contributed by atoms with Gasteiger partial charge >= 0.3 is 0 Å². The molecule has 4 aromatic carbocycles. The molecule has 0 aromatic heterocycles. The molecule has 4 aromatic rings. The zero-order valence-electron chi connectivity index (χ0n) is 22.0. The zero-order valence-corrected chi connectivity index (χ0v) is 25.8. The van der Waals surface area contributed by atoms with E-state index in [1.54, 1.807) is 97.9 Å². The normalized spacial score (nSPS) is 11.9. The lowest BCUT2D eigenvalue weighted by Crippen LogP contribution is -2.30. The van der Waals surface area contributed by atoms with E-state index in [9.17, 15) is 14.4 Å². The number of carbonyl (C=O) groups is 3. The van der Waals surface area contributed by atoms with Gasteiger partial charge in [-0.1, -0.05) is 76.7 Å². The standard InChI is InChI=1S/C31H23Cl4N3O3S/c1-18(29(39)37-24-16-21(32)15-22(33)17-24)42-25-12-10-23(11-13-25)36-31(41)27(14-20-8-5-9-26(34)28(20)35)38-30(40)19-6-3-2-4-7-19/h2-18H,1H3,(H,36,41)(H,37,39)(H,38,40)/b27-14-. The van der Waals surface area contributed by atoms with E-state index in [2.05, 4.69) is 16.0 Å². The number of halogens is 4. The number of thioether (sulfide) groups is 1. The minimum atomic E-state index is -0.566. The van der Waals surface area contributed by atoms with Crippen molar-refractivity contribution in [1.29, 1.82) is 0 Å². The Morgan fingerprint density at radius 2 is 1.43 bits per heavy atom. The van der Waals surface area contributed by atoms with E-state index in [1.807, 2.05) is 0 Å². The summed E-state index contributed by atoms with van der Waals surface area (Å²) < 4.78 is 0. The van der Waals surface area contributed by atoms with Crippen LogP contribution < -0.4 is 16.0 Å². The van der Waals surface area contributed by atoms with Gasteiger partial charge in [0.2, 0.25) is 5.91 Å². The average Bonchev–Trinajstić information content (AvgIpc) is 2.95. The summed E-state index contributed by atoms with van der Waals surface area (Å²) in [5.74, 6) is -1.25. The lowest BCUT2D eigenvalue weighted by molar-refractivity contribution is -0.115. The summed E-state index contributed by atoms with van der Waals surface area (Å²) in [4.78, 5) is 39.7. The Bertz CT molecular complexity index is 1630. The molecule has 1 atom stereocenters. The predicted octanol–water partition coefficient (Wildman–Crippen LogP) is 8.83. The fourth-order valence-corrected chi connectivity index (χ4v) is 5.43. The van der Waals surface area contributed by atoms with Crippen LogP contribution in [-0.2, 0) is 9.59 Å². The first-order chi connectivity index (χ1) is 20.1. The Balaban J connectivity index is 1.45. The maximum atomic E-state index is 13.3. The van der Waals surface area contributed by atoms with Crippen molar-refractivity contribution in [1.82, 2.24) is 5.32 Å². The lowest BCUT2D eigenvalue weighted by Gasteiger charge is -2.14. The second kappa shape index (κ2) is 14.6. The Hall–Kier alpha value is -3.46. The van der Waals surface area contributed by atoms with E-state index in [4.69, 9.17) is 46.4 Å². The van der Waals surface area contributed by atoms with Gasteiger partial charge in [-0.3, -0.25) is 14.4 Å². The number of hydrogen-bond acceptors (Lipinski definition) is 4. The maximum absolute atomic E-state index is 13.3. The van der Waals surface area contributed by atoms with Gasteiger partial charge in [0, 0.05) is 31.9 Å². The highest BCUT2D eigenvalue weighted by atomic mass is 35.5. The topological polar surface area (TPSA) is 87.3 Å². The third-order valence-electron chi connectivity index (χ3n) is 5.73. The van der Waals surface area contributed by atoms with Crippen LogP contribution >= 0.6 is 58.2 Å². The Morgan fingerprint density at radius 3 is 2.10 bits per heavy atom. The number of carbonyl (C=O) groups excluding carboxylic acids is 3. The molecule has 0 saturated carbocycles. The summed E-state index contributed by atoms with van der Waals surface area (Å²) in [6, 6.07) is 25.3. The molecule has 0 spiro atoms. The van der Waals surface area contributed by atoms with E-state index in [1.165, 1.54) is 17.8 Å². The third-order valence-corrected chi connectivity index (χ3v) is 8.12. The third kappa shape index (κ3) is 8.77. The largest absolute Gasteiger partial charge is 0.325 e.